The number of carbonyl (C=O) groups is 1. The van der Waals surface area contributed by atoms with Crippen LogP contribution in [-0.2, 0) is 9.47 Å². The first kappa shape index (κ1) is 18.3. The van der Waals surface area contributed by atoms with Crippen LogP contribution in [0.25, 0.3) is 0 Å². The number of nitrogens with one attached hydrogen (secondary N) is 1. The standard InChI is InChI=1S/C15H27ClN2O3/c1-11(16)9-17-12(2)8-13-10-20-7-6-18(13)14(19)21-15(3,4)5/h12-13,17H,1,6-10H2,2-5H3. The smallest absolute Gasteiger partial charge is 0.410 e. The number of morpholine rings is 1. The summed E-state index contributed by atoms with van der Waals surface area (Å²) in [5, 5.41) is 3.85. The second-order valence-corrected chi connectivity index (χ2v) is 6.97. The van der Waals surface area contributed by atoms with Gasteiger partial charge in [-0.2, -0.15) is 0 Å². The van der Waals surface area contributed by atoms with Gasteiger partial charge in [0.25, 0.3) is 0 Å². The van der Waals surface area contributed by atoms with Gasteiger partial charge in [0.1, 0.15) is 5.60 Å². The highest BCUT2D eigenvalue weighted by molar-refractivity contribution is 6.29. The summed E-state index contributed by atoms with van der Waals surface area (Å²) in [6.45, 7) is 13.5. The molecule has 5 nitrogen and oxygen atoms in total. The largest absolute Gasteiger partial charge is 0.444 e. The molecule has 21 heavy (non-hydrogen) atoms. The molecule has 1 heterocycles. The van der Waals surface area contributed by atoms with Gasteiger partial charge in [-0.3, -0.25) is 0 Å². The maximum absolute atomic E-state index is 12.3. The molecular formula is C15H27ClN2O3. The minimum atomic E-state index is -0.486. The Morgan fingerprint density at radius 1 is 1.57 bits per heavy atom. The highest BCUT2D eigenvalue weighted by Crippen LogP contribution is 2.17. The zero-order valence-corrected chi connectivity index (χ0v) is 14.2. The van der Waals surface area contributed by atoms with Gasteiger partial charge in [0, 0.05) is 24.2 Å². The molecule has 0 aromatic heterocycles. The van der Waals surface area contributed by atoms with Crippen molar-refractivity contribution < 1.29 is 14.3 Å². The Balaban J connectivity index is 2.56. The van der Waals surface area contributed by atoms with Crippen LogP contribution >= 0.6 is 11.6 Å². The van der Waals surface area contributed by atoms with Gasteiger partial charge < -0.3 is 19.7 Å². The quantitative estimate of drug-likeness (QED) is 0.847. The first-order valence-electron chi connectivity index (χ1n) is 7.33. The van der Waals surface area contributed by atoms with Crippen molar-refractivity contribution >= 4 is 17.7 Å². The van der Waals surface area contributed by atoms with Crippen LogP contribution in [0.3, 0.4) is 0 Å². The second kappa shape index (κ2) is 8.01. The van der Waals surface area contributed by atoms with Crippen LogP contribution in [0.4, 0.5) is 4.79 Å². The fourth-order valence-corrected chi connectivity index (χ4v) is 2.26. The van der Waals surface area contributed by atoms with E-state index in [1.54, 1.807) is 4.90 Å². The first-order chi connectivity index (χ1) is 9.69. The van der Waals surface area contributed by atoms with Crippen LogP contribution in [0.1, 0.15) is 34.1 Å². The fourth-order valence-electron chi connectivity index (χ4n) is 2.19. The predicted octanol–water partition coefficient (Wildman–Crippen LogP) is 2.74. The molecule has 1 aliphatic rings. The number of hydrogen-bond donors (Lipinski definition) is 1. The molecule has 2 atom stereocenters. The molecule has 6 heteroatoms. The molecule has 1 saturated heterocycles. The minimum absolute atomic E-state index is 0.0136. The zero-order chi connectivity index (χ0) is 16.0. The van der Waals surface area contributed by atoms with Crippen molar-refractivity contribution in [2.24, 2.45) is 0 Å². The third-order valence-corrected chi connectivity index (χ3v) is 3.26. The van der Waals surface area contributed by atoms with Crippen LogP contribution in [0.15, 0.2) is 11.6 Å². The number of rotatable bonds is 5. The first-order valence-corrected chi connectivity index (χ1v) is 7.71. The Labute approximate surface area is 132 Å². The molecule has 2 unspecified atom stereocenters. The molecule has 0 aromatic carbocycles. The van der Waals surface area contributed by atoms with Crippen molar-refractivity contribution in [1.82, 2.24) is 10.2 Å². The van der Waals surface area contributed by atoms with Gasteiger partial charge in [-0.1, -0.05) is 18.2 Å². The van der Waals surface area contributed by atoms with E-state index in [1.807, 2.05) is 20.8 Å². The lowest BCUT2D eigenvalue weighted by Crippen LogP contribution is -2.52. The van der Waals surface area contributed by atoms with E-state index >= 15 is 0 Å². The summed E-state index contributed by atoms with van der Waals surface area (Å²) in [6, 6.07) is 0.219. The van der Waals surface area contributed by atoms with E-state index in [0.717, 1.165) is 6.42 Å². The molecule has 1 N–H and O–H groups in total. The van der Waals surface area contributed by atoms with Crippen LogP contribution in [0.5, 0.6) is 0 Å². The molecule has 1 rings (SSSR count). The van der Waals surface area contributed by atoms with Crippen LogP contribution in [0.2, 0.25) is 0 Å². The number of ether oxygens (including phenoxy) is 2. The summed E-state index contributed by atoms with van der Waals surface area (Å²) in [4.78, 5) is 14.0. The highest BCUT2D eigenvalue weighted by atomic mass is 35.5. The lowest BCUT2D eigenvalue weighted by Gasteiger charge is -2.37. The molecule has 0 bridgehead atoms. The molecular weight excluding hydrogens is 292 g/mol. The lowest BCUT2D eigenvalue weighted by atomic mass is 10.1. The molecule has 0 spiro atoms. The average Bonchev–Trinajstić information content (AvgIpc) is 2.35. The summed E-state index contributed by atoms with van der Waals surface area (Å²) >= 11 is 5.75. The summed E-state index contributed by atoms with van der Waals surface area (Å²) in [6.07, 6.45) is 0.508. The maximum atomic E-state index is 12.3. The van der Waals surface area contributed by atoms with E-state index in [2.05, 4.69) is 18.8 Å². The van der Waals surface area contributed by atoms with Crippen LogP contribution < -0.4 is 5.32 Å². The van der Waals surface area contributed by atoms with Crippen molar-refractivity contribution in [3.8, 4) is 0 Å². The molecule has 122 valence electrons. The number of hydrogen-bond acceptors (Lipinski definition) is 4. The van der Waals surface area contributed by atoms with Gasteiger partial charge in [-0.05, 0) is 34.1 Å². The molecule has 1 fully saturated rings. The molecule has 0 aromatic rings. The summed E-state index contributed by atoms with van der Waals surface area (Å²) in [5.41, 5.74) is -0.486. The lowest BCUT2D eigenvalue weighted by molar-refractivity contribution is -0.0355. The maximum Gasteiger partial charge on any atom is 0.410 e. The topological polar surface area (TPSA) is 50.8 Å². The van der Waals surface area contributed by atoms with Gasteiger partial charge >= 0.3 is 6.09 Å². The number of halogens is 1. The molecule has 0 radical (unpaired) electrons. The van der Waals surface area contributed by atoms with Crippen LogP contribution in [0, 0.1) is 0 Å². The Hall–Kier alpha value is -0.780. The molecule has 0 saturated carbocycles. The summed E-state index contributed by atoms with van der Waals surface area (Å²) < 4.78 is 11.0. The van der Waals surface area contributed by atoms with Crippen molar-refractivity contribution in [2.45, 2.75) is 51.8 Å². The van der Waals surface area contributed by atoms with E-state index in [9.17, 15) is 4.79 Å². The normalized spacial score (nSPS) is 21.0. The summed E-state index contributed by atoms with van der Waals surface area (Å²) in [5.74, 6) is 0. The van der Waals surface area contributed by atoms with Gasteiger partial charge in [0.15, 0.2) is 0 Å². The predicted molar refractivity (Wildman–Crippen MR) is 84.6 cm³/mol. The van der Waals surface area contributed by atoms with Gasteiger partial charge in [-0.15, -0.1) is 0 Å². The third kappa shape index (κ3) is 7.16. The molecule has 1 amide bonds. The number of carbonyl (C=O) groups excluding carboxylic acids is 1. The van der Waals surface area contributed by atoms with E-state index in [-0.39, 0.29) is 18.2 Å². The fraction of sp³-hybridized carbons (Fsp3) is 0.800. The Morgan fingerprint density at radius 3 is 2.81 bits per heavy atom. The Bertz CT molecular complexity index is 368. The monoisotopic (exact) mass is 318 g/mol. The summed E-state index contributed by atoms with van der Waals surface area (Å²) in [7, 11) is 0. The number of nitrogens with zero attached hydrogens (tertiary/aromatic N) is 1. The molecule has 1 aliphatic heterocycles. The molecule has 0 aliphatic carbocycles. The van der Waals surface area contributed by atoms with Crippen molar-refractivity contribution in [3.05, 3.63) is 11.6 Å². The van der Waals surface area contributed by atoms with E-state index in [1.165, 1.54) is 0 Å². The second-order valence-electron chi connectivity index (χ2n) is 6.44. The average molecular weight is 319 g/mol. The number of amides is 1. The van der Waals surface area contributed by atoms with Crippen molar-refractivity contribution in [1.29, 1.82) is 0 Å². The van der Waals surface area contributed by atoms with E-state index in [4.69, 9.17) is 21.1 Å². The zero-order valence-electron chi connectivity index (χ0n) is 13.4. The van der Waals surface area contributed by atoms with Gasteiger partial charge in [-0.25, -0.2) is 4.79 Å². The SMILES string of the molecule is C=C(Cl)CNC(C)CC1COCCN1C(=O)OC(C)(C)C. The van der Waals surface area contributed by atoms with Crippen molar-refractivity contribution in [3.63, 3.8) is 0 Å². The Kier molecular flexibility index (Phi) is 6.97. The minimum Gasteiger partial charge on any atom is -0.444 e. The van der Waals surface area contributed by atoms with E-state index < -0.39 is 5.60 Å². The van der Waals surface area contributed by atoms with Gasteiger partial charge in [0.05, 0.1) is 19.3 Å². The Morgan fingerprint density at radius 2 is 2.24 bits per heavy atom. The highest BCUT2D eigenvalue weighted by Gasteiger charge is 2.31. The van der Waals surface area contributed by atoms with Crippen molar-refractivity contribution in [2.75, 3.05) is 26.3 Å². The van der Waals surface area contributed by atoms with Gasteiger partial charge in [0.2, 0.25) is 0 Å². The van der Waals surface area contributed by atoms with E-state index in [0.29, 0.717) is 31.3 Å². The van der Waals surface area contributed by atoms with Crippen LogP contribution in [-0.4, -0.2) is 55.0 Å². The third-order valence-electron chi connectivity index (χ3n) is 3.12.